The number of nitrogens with zero attached hydrogens (tertiary/aromatic N) is 1. The van der Waals surface area contributed by atoms with Crippen LogP contribution in [0, 0.1) is 0 Å². The molecule has 1 fully saturated rings. The quantitative estimate of drug-likeness (QED) is 0.640. The van der Waals surface area contributed by atoms with E-state index in [1.807, 2.05) is 0 Å². The summed E-state index contributed by atoms with van der Waals surface area (Å²) in [5, 5.41) is 3.74. The minimum atomic E-state index is 0.563. The van der Waals surface area contributed by atoms with Crippen molar-refractivity contribution in [3.05, 3.63) is 24.3 Å². The summed E-state index contributed by atoms with van der Waals surface area (Å²) in [5.41, 5.74) is 2.72. The van der Waals surface area contributed by atoms with Gasteiger partial charge in [0, 0.05) is 19.1 Å². The summed E-state index contributed by atoms with van der Waals surface area (Å²) >= 11 is 0. The molecule has 21 heavy (non-hydrogen) atoms. The summed E-state index contributed by atoms with van der Waals surface area (Å²) < 4.78 is 0. The van der Waals surface area contributed by atoms with Crippen LogP contribution in [0.2, 0.25) is 0 Å². The summed E-state index contributed by atoms with van der Waals surface area (Å²) in [7, 11) is 0. The average molecular weight is 288 g/mol. The molecule has 1 heterocycles. The van der Waals surface area contributed by atoms with Gasteiger partial charge < -0.3 is 10.2 Å². The zero-order valence-electron chi connectivity index (χ0n) is 13.9. The minimum absolute atomic E-state index is 0.563. The number of hydrogen-bond donors (Lipinski definition) is 1. The van der Waals surface area contributed by atoms with Crippen LogP contribution in [0.3, 0.4) is 0 Å². The van der Waals surface area contributed by atoms with Crippen molar-refractivity contribution in [3.63, 3.8) is 0 Å². The number of anilines is 2. The first-order chi connectivity index (χ1) is 10.3. The third-order valence-corrected chi connectivity index (χ3v) is 4.49. The van der Waals surface area contributed by atoms with Crippen molar-refractivity contribution < 1.29 is 0 Å². The van der Waals surface area contributed by atoms with E-state index < -0.39 is 0 Å². The Kier molecular flexibility index (Phi) is 6.91. The fourth-order valence-corrected chi connectivity index (χ4v) is 3.22. The summed E-state index contributed by atoms with van der Waals surface area (Å²) in [5.74, 6) is 0. The van der Waals surface area contributed by atoms with Crippen LogP contribution in [0.25, 0.3) is 0 Å². The molecule has 2 heteroatoms. The predicted molar refractivity (Wildman–Crippen MR) is 94.3 cm³/mol. The minimum Gasteiger partial charge on any atom is -0.381 e. The molecule has 0 amide bonds. The second-order valence-corrected chi connectivity index (χ2v) is 6.46. The van der Waals surface area contributed by atoms with E-state index >= 15 is 0 Å². The van der Waals surface area contributed by atoms with Gasteiger partial charge in [-0.05, 0) is 44.7 Å². The van der Waals surface area contributed by atoms with E-state index in [0.29, 0.717) is 6.04 Å². The van der Waals surface area contributed by atoms with Crippen LogP contribution in [-0.2, 0) is 0 Å². The van der Waals surface area contributed by atoms with Gasteiger partial charge in [0.2, 0.25) is 0 Å². The van der Waals surface area contributed by atoms with Crippen LogP contribution in [-0.4, -0.2) is 19.1 Å². The Balaban J connectivity index is 1.89. The second-order valence-electron chi connectivity index (χ2n) is 6.46. The molecule has 0 bridgehead atoms. The van der Waals surface area contributed by atoms with Gasteiger partial charge in [0.25, 0.3) is 0 Å². The summed E-state index contributed by atoms with van der Waals surface area (Å²) in [6.45, 7) is 7.02. The van der Waals surface area contributed by atoms with E-state index in [1.54, 1.807) is 0 Å². The highest BCUT2D eigenvalue weighted by Crippen LogP contribution is 2.29. The molecule has 0 saturated carbocycles. The maximum absolute atomic E-state index is 3.74. The highest BCUT2D eigenvalue weighted by molar-refractivity contribution is 5.70. The van der Waals surface area contributed by atoms with Crippen LogP contribution in [0.15, 0.2) is 24.3 Å². The molecular formula is C19H32N2. The molecule has 1 unspecified atom stereocenters. The Morgan fingerprint density at radius 3 is 2.57 bits per heavy atom. The van der Waals surface area contributed by atoms with Crippen LogP contribution >= 0.6 is 0 Å². The molecule has 1 N–H and O–H groups in total. The normalized spacial score (nSPS) is 16.8. The van der Waals surface area contributed by atoms with Gasteiger partial charge in [-0.3, -0.25) is 0 Å². The molecule has 1 atom stereocenters. The zero-order chi connectivity index (χ0) is 14.9. The molecule has 0 radical (unpaired) electrons. The van der Waals surface area contributed by atoms with E-state index in [0.717, 1.165) is 0 Å². The lowest BCUT2D eigenvalue weighted by Crippen LogP contribution is -2.30. The third-order valence-electron chi connectivity index (χ3n) is 4.49. The Morgan fingerprint density at radius 2 is 1.81 bits per heavy atom. The molecule has 118 valence electrons. The van der Waals surface area contributed by atoms with Crippen LogP contribution < -0.4 is 10.2 Å². The van der Waals surface area contributed by atoms with Crippen molar-refractivity contribution in [3.8, 4) is 0 Å². The van der Waals surface area contributed by atoms with Crippen molar-refractivity contribution in [2.75, 3.05) is 23.3 Å². The van der Waals surface area contributed by atoms with Crippen LogP contribution in [0.5, 0.6) is 0 Å². The van der Waals surface area contributed by atoms with Gasteiger partial charge in [0.15, 0.2) is 0 Å². The van der Waals surface area contributed by atoms with Gasteiger partial charge >= 0.3 is 0 Å². The lowest BCUT2D eigenvalue weighted by molar-refractivity contribution is 0.576. The number of benzene rings is 1. The third kappa shape index (κ3) is 5.26. The molecule has 2 rings (SSSR count). The first kappa shape index (κ1) is 16.2. The second kappa shape index (κ2) is 8.96. The van der Waals surface area contributed by atoms with E-state index in [-0.39, 0.29) is 0 Å². The first-order valence-corrected chi connectivity index (χ1v) is 8.91. The zero-order valence-corrected chi connectivity index (χ0v) is 13.9. The van der Waals surface area contributed by atoms with E-state index in [2.05, 4.69) is 48.3 Å². The lowest BCUT2D eigenvalue weighted by atomic mass is 10.1. The Morgan fingerprint density at radius 1 is 1.05 bits per heavy atom. The molecule has 1 saturated heterocycles. The summed E-state index contributed by atoms with van der Waals surface area (Å²) in [6.07, 6.45) is 10.7. The van der Waals surface area contributed by atoms with E-state index in [1.165, 1.54) is 75.8 Å². The van der Waals surface area contributed by atoms with E-state index in [4.69, 9.17) is 0 Å². The molecule has 0 aliphatic carbocycles. The smallest absolute Gasteiger partial charge is 0.0602 e. The molecule has 2 nitrogen and oxygen atoms in total. The highest BCUT2D eigenvalue weighted by Gasteiger charge is 2.14. The maximum Gasteiger partial charge on any atom is 0.0602 e. The van der Waals surface area contributed by atoms with Gasteiger partial charge in [-0.25, -0.2) is 0 Å². The fraction of sp³-hybridized carbons (Fsp3) is 0.684. The monoisotopic (exact) mass is 288 g/mol. The van der Waals surface area contributed by atoms with Gasteiger partial charge in [-0.2, -0.15) is 0 Å². The molecule has 0 spiro atoms. The largest absolute Gasteiger partial charge is 0.381 e. The molecule has 0 aromatic heterocycles. The van der Waals surface area contributed by atoms with Gasteiger partial charge in [-0.1, -0.05) is 44.7 Å². The molecule has 1 aromatic rings. The van der Waals surface area contributed by atoms with Crippen LogP contribution in [0.1, 0.15) is 65.2 Å². The maximum atomic E-state index is 3.74. The lowest BCUT2D eigenvalue weighted by Gasteiger charge is -2.31. The van der Waals surface area contributed by atoms with Gasteiger partial charge in [0.1, 0.15) is 0 Å². The van der Waals surface area contributed by atoms with Crippen molar-refractivity contribution in [2.24, 2.45) is 0 Å². The average Bonchev–Trinajstić information content (AvgIpc) is 2.53. The standard InChI is InChI=1S/C19H32N2/c1-3-4-5-7-12-17(2)20-18-13-8-9-14-19(18)21-15-10-6-11-16-21/h8-9,13-14,17,20H,3-7,10-12,15-16H2,1-2H3. The number of hydrogen-bond acceptors (Lipinski definition) is 2. The molecule has 1 aromatic carbocycles. The number of unbranched alkanes of at least 4 members (excludes halogenated alkanes) is 3. The number of rotatable bonds is 8. The topological polar surface area (TPSA) is 15.3 Å². The van der Waals surface area contributed by atoms with Crippen molar-refractivity contribution >= 4 is 11.4 Å². The molecular weight excluding hydrogens is 256 g/mol. The Labute approximate surface area is 130 Å². The number of para-hydroxylation sites is 2. The first-order valence-electron chi connectivity index (χ1n) is 8.91. The summed E-state index contributed by atoms with van der Waals surface area (Å²) in [4.78, 5) is 2.55. The molecule has 1 aliphatic rings. The molecule has 1 aliphatic heterocycles. The van der Waals surface area contributed by atoms with Crippen LogP contribution in [0.4, 0.5) is 11.4 Å². The van der Waals surface area contributed by atoms with Gasteiger partial charge in [-0.15, -0.1) is 0 Å². The summed E-state index contributed by atoms with van der Waals surface area (Å²) in [6, 6.07) is 9.40. The van der Waals surface area contributed by atoms with Crippen molar-refractivity contribution in [1.82, 2.24) is 0 Å². The van der Waals surface area contributed by atoms with Gasteiger partial charge in [0.05, 0.1) is 11.4 Å². The van der Waals surface area contributed by atoms with E-state index in [9.17, 15) is 0 Å². The van der Waals surface area contributed by atoms with Crippen molar-refractivity contribution in [2.45, 2.75) is 71.3 Å². The Hall–Kier alpha value is -1.18. The Bertz CT molecular complexity index is 396. The highest BCUT2D eigenvalue weighted by atomic mass is 15.1. The van der Waals surface area contributed by atoms with Crippen molar-refractivity contribution in [1.29, 1.82) is 0 Å². The fourth-order valence-electron chi connectivity index (χ4n) is 3.22. The number of nitrogens with one attached hydrogen (secondary N) is 1. The SMILES string of the molecule is CCCCCCC(C)Nc1ccccc1N1CCCCC1. The predicted octanol–water partition coefficient (Wildman–Crippen LogP) is 5.45. The number of piperidine rings is 1.